The number of carbonyl (C=O) groups excluding carboxylic acids is 2. The van der Waals surface area contributed by atoms with Crippen molar-refractivity contribution in [3.63, 3.8) is 0 Å². The second-order valence-electron chi connectivity index (χ2n) is 8.58. The molecular formula is C25H24F2N4O4. The van der Waals surface area contributed by atoms with E-state index >= 15 is 0 Å². The molecule has 35 heavy (non-hydrogen) atoms. The molecule has 0 aliphatic heterocycles. The lowest BCUT2D eigenvalue weighted by Gasteiger charge is -2.32. The van der Waals surface area contributed by atoms with E-state index in [2.05, 4.69) is 15.6 Å². The fourth-order valence-corrected chi connectivity index (χ4v) is 3.93. The Hall–Kier alpha value is -3.89. The second kappa shape index (κ2) is 9.77. The van der Waals surface area contributed by atoms with Gasteiger partial charge >= 0.3 is 0 Å². The zero-order chi connectivity index (χ0) is 25.3. The molecule has 6 N–H and O–H groups in total. The lowest BCUT2D eigenvalue weighted by molar-refractivity contribution is -0.124. The van der Waals surface area contributed by atoms with Crippen molar-refractivity contribution in [2.45, 2.75) is 38.0 Å². The van der Waals surface area contributed by atoms with Gasteiger partial charge in [0.25, 0.3) is 11.8 Å². The molecule has 8 nitrogen and oxygen atoms in total. The first-order valence-corrected chi connectivity index (χ1v) is 10.9. The average molecular weight is 482 g/mol. The number of nitrogens with zero attached hydrogens (tertiary/aromatic N) is 1. The maximum atomic E-state index is 13.4. The van der Waals surface area contributed by atoms with Gasteiger partial charge in [0.05, 0.1) is 11.7 Å². The molecule has 1 atom stereocenters. The Morgan fingerprint density at radius 3 is 2.43 bits per heavy atom. The van der Waals surface area contributed by atoms with Gasteiger partial charge in [0, 0.05) is 29.6 Å². The summed E-state index contributed by atoms with van der Waals surface area (Å²) in [7, 11) is 0. The molecule has 182 valence electrons. The monoisotopic (exact) mass is 482 g/mol. The number of aryl methyl sites for hydroxylation is 1. The highest BCUT2D eigenvalue weighted by molar-refractivity contribution is 6.00. The predicted molar refractivity (Wildman–Crippen MR) is 125 cm³/mol. The van der Waals surface area contributed by atoms with Crippen molar-refractivity contribution >= 4 is 23.3 Å². The first-order valence-electron chi connectivity index (χ1n) is 10.9. The van der Waals surface area contributed by atoms with Crippen LogP contribution in [0, 0.1) is 18.6 Å². The van der Waals surface area contributed by atoms with Crippen LogP contribution in [0.4, 0.5) is 20.3 Å². The highest BCUT2D eigenvalue weighted by Crippen LogP contribution is 2.29. The van der Waals surface area contributed by atoms with Gasteiger partial charge in [-0.1, -0.05) is 6.07 Å². The van der Waals surface area contributed by atoms with Crippen LogP contribution < -0.4 is 16.4 Å². The van der Waals surface area contributed by atoms with Gasteiger partial charge in [-0.25, -0.2) is 13.8 Å². The smallest absolute Gasteiger partial charge is 0.257 e. The molecular weight excluding hydrogens is 458 g/mol. The number of aromatic nitrogens is 1. The standard InChI is InChI=1S/C25H24F2N4O4/c1-12-4-17(30-25(35)22(33)13-5-15(26)8-16(27)6-13)2-3-20(12)14-7-21(23(28)29-11-14)24(34)31-18-9-19(32)10-18/h2-8,11,18-19,22,32-33H,9-10H2,1H3,(H2,28,29)(H,30,35)(H,31,34). The molecule has 1 aromatic heterocycles. The molecule has 0 spiro atoms. The fraction of sp³-hybridized carbons (Fsp3) is 0.240. The van der Waals surface area contributed by atoms with Gasteiger partial charge in [0.15, 0.2) is 6.10 Å². The van der Waals surface area contributed by atoms with Gasteiger partial charge < -0.3 is 26.6 Å². The Morgan fingerprint density at radius 2 is 1.80 bits per heavy atom. The summed E-state index contributed by atoms with van der Waals surface area (Å²) in [5.74, 6) is -2.95. The van der Waals surface area contributed by atoms with Gasteiger partial charge in [0.1, 0.15) is 17.5 Å². The van der Waals surface area contributed by atoms with Gasteiger partial charge in [-0.15, -0.1) is 0 Å². The summed E-state index contributed by atoms with van der Waals surface area (Å²) in [6.07, 6.45) is 0.350. The van der Waals surface area contributed by atoms with Gasteiger partial charge in [0.2, 0.25) is 0 Å². The second-order valence-corrected chi connectivity index (χ2v) is 8.58. The SMILES string of the molecule is Cc1cc(NC(=O)C(O)c2cc(F)cc(F)c2)ccc1-c1cnc(N)c(C(=O)NC2CC(O)C2)c1. The highest BCUT2D eigenvalue weighted by atomic mass is 19.1. The molecule has 1 aliphatic rings. The van der Waals surface area contributed by atoms with Crippen LogP contribution in [0.5, 0.6) is 0 Å². The molecule has 1 fully saturated rings. The van der Waals surface area contributed by atoms with Crippen LogP contribution in [0.15, 0.2) is 48.7 Å². The number of carbonyl (C=O) groups is 2. The number of nitrogens with one attached hydrogen (secondary N) is 2. The van der Waals surface area contributed by atoms with Crippen LogP contribution >= 0.6 is 0 Å². The third kappa shape index (κ3) is 5.44. The molecule has 2 aromatic carbocycles. The van der Waals surface area contributed by atoms with E-state index in [-0.39, 0.29) is 28.9 Å². The van der Waals surface area contributed by atoms with E-state index in [4.69, 9.17) is 5.73 Å². The quantitative estimate of drug-likeness (QED) is 0.366. The highest BCUT2D eigenvalue weighted by Gasteiger charge is 2.29. The number of nitrogens with two attached hydrogens (primary N) is 1. The largest absolute Gasteiger partial charge is 0.393 e. The van der Waals surface area contributed by atoms with E-state index < -0.39 is 29.7 Å². The summed E-state index contributed by atoms with van der Waals surface area (Å²) in [6, 6.07) is 8.88. The number of aliphatic hydroxyl groups is 2. The Labute approximate surface area is 199 Å². The number of hydrogen-bond donors (Lipinski definition) is 5. The van der Waals surface area contributed by atoms with E-state index in [1.165, 1.54) is 6.20 Å². The number of halogens is 2. The van der Waals surface area contributed by atoms with Crippen molar-refractivity contribution in [2.24, 2.45) is 0 Å². The number of pyridine rings is 1. The maximum absolute atomic E-state index is 13.4. The van der Waals surface area contributed by atoms with Crippen LogP contribution in [0.25, 0.3) is 11.1 Å². The molecule has 10 heteroatoms. The third-order valence-corrected chi connectivity index (χ3v) is 5.87. The minimum absolute atomic E-state index is 0.0791. The Kier molecular flexibility index (Phi) is 6.77. The summed E-state index contributed by atoms with van der Waals surface area (Å²) >= 11 is 0. The van der Waals surface area contributed by atoms with Crippen molar-refractivity contribution in [3.8, 4) is 11.1 Å². The van der Waals surface area contributed by atoms with Crippen molar-refractivity contribution in [1.82, 2.24) is 10.3 Å². The van der Waals surface area contributed by atoms with Crippen LogP contribution in [0.1, 0.15) is 40.4 Å². The summed E-state index contributed by atoms with van der Waals surface area (Å²) < 4.78 is 26.8. The minimum Gasteiger partial charge on any atom is -0.393 e. The molecule has 1 saturated carbocycles. The summed E-state index contributed by atoms with van der Waals surface area (Å²) in [6.45, 7) is 1.79. The molecule has 0 radical (unpaired) electrons. The van der Waals surface area contributed by atoms with E-state index in [1.807, 2.05) is 0 Å². The number of amides is 2. The molecule has 1 aliphatic carbocycles. The molecule has 1 unspecified atom stereocenters. The van der Waals surface area contributed by atoms with E-state index in [0.29, 0.717) is 30.2 Å². The predicted octanol–water partition coefficient (Wildman–Crippen LogP) is 2.84. The van der Waals surface area contributed by atoms with Crippen molar-refractivity contribution in [2.75, 3.05) is 11.1 Å². The number of benzene rings is 2. The third-order valence-electron chi connectivity index (χ3n) is 5.87. The summed E-state index contributed by atoms with van der Waals surface area (Å²) in [5.41, 5.74) is 8.36. The number of hydrogen-bond acceptors (Lipinski definition) is 6. The van der Waals surface area contributed by atoms with Crippen molar-refractivity contribution in [3.05, 3.63) is 77.0 Å². The van der Waals surface area contributed by atoms with Crippen molar-refractivity contribution < 1.29 is 28.6 Å². The number of anilines is 2. The maximum Gasteiger partial charge on any atom is 0.257 e. The van der Waals surface area contributed by atoms with Gasteiger partial charge in [-0.05, 0) is 66.8 Å². The lowest BCUT2D eigenvalue weighted by Crippen LogP contribution is -2.46. The molecule has 0 saturated heterocycles. The molecule has 1 heterocycles. The van der Waals surface area contributed by atoms with Gasteiger partial charge in [-0.2, -0.15) is 0 Å². The molecule has 2 amide bonds. The van der Waals surface area contributed by atoms with Crippen LogP contribution in [-0.2, 0) is 4.79 Å². The van der Waals surface area contributed by atoms with E-state index in [1.54, 1.807) is 31.2 Å². The zero-order valence-corrected chi connectivity index (χ0v) is 18.8. The normalized spacial score (nSPS) is 17.9. The Bertz CT molecular complexity index is 1270. The minimum atomic E-state index is -1.76. The van der Waals surface area contributed by atoms with Crippen LogP contribution in [-0.4, -0.2) is 39.2 Å². The average Bonchev–Trinajstić information content (AvgIpc) is 2.77. The fourth-order valence-electron chi connectivity index (χ4n) is 3.93. The topological polar surface area (TPSA) is 138 Å². The number of aliphatic hydroxyl groups excluding tert-OH is 2. The zero-order valence-electron chi connectivity index (χ0n) is 18.8. The Morgan fingerprint density at radius 1 is 1.11 bits per heavy atom. The van der Waals surface area contributed by atoms with E-state index in [0.717, 1.165) is 23.3 Å². The molecule has 4 rings (SSSR count). The van der Waals surface area contributed by atoms with E-state index in [9.17, 15) is 28.6 Å². The molecule has 3 aromatic rings. The summed E-state index contributed by atoms with van der Waals surface area (Å²) in [5, 5.41) is 24.9. The van der Waals surface area contributed by atoms with Gasteiger partial charge in [-0.3, -0.25) is 9.59 Å². The van der Waals surface area contributed by atoms with Crippen molar-refractivity contribution in [1.29, 1.82) is 0 Å². The molecule has 0 bridgehead atoms. The summed E-state index contributed by atoms with van der Waals surface area (Å²) in [4.78, 5) is 29.1. The number of rotatable bonds is 6. The number of nitrogen functional groups attached to an aromatic ring is 1. The Balaban J connectivity index is 1.50. The van der Waals surface area contributed by atoms with Crippen LogP contribution in [0.2, 0.25) is 0 Å². The lowest BCUT2D eigenvalue weighted by atomic mass is 9.89. The first kappa shape index (κ1) is 24.2. The van der Waals surface area contributed by atoms with Crippen LogP contribution in [0.3, 0.4) is 0 Å². The first-order chi connectivity index (χ1) is 16.6.